The van der Waals surface area contributed by atoms with Crippen molar-refractivity contribution in [1.29, 1.82) is 0 Å². The largest absolute Gasteiger partial charge is 0.573 e. The summed E-state index contributed by atoms with van der Waals surface area (Å²) in [6.45, 7) is 5.67. The van der Waals surface area contributed by atoms with Crippen molar-refractivity contribution in [3.63, 3.8) is 0 Å². The van der Waals surface area contributed by atoms with Crippen LogP contribution in [0.5, 0.6) is 5.75 Å². The fourth-order valence-corrected chi connectivity index (χ4v) is 4.49. The summed E-state index contributed by atoms with van der Waals surface area (Å²) in [4.78, 5) is 25.5. The molecule has 5 aromatic rings. The van der Waals surface area contributed by atoms with E-state index in [0.717, 1.165) is 16.8 Å². The maximum Gasteiger partial charge on any atom is 0.573 e. The van der Waals surface area contributed by atoms with Gasteiger partial charge in [-0.05, 0) is 86.3 Å². The Hall–Kier alpha value is -5.50. The van der Waals surface area contributed by atoms with Gasteiger partial charge in [0.1, 0.15) is 5.75 Å². The van der Waals surface area contributed by atoms with E-state index < -0.39 is 24.4 Å². The van der Waals surface area contributed by atoms with Crippen molar-refractivity contribution in [1.82, 2.24) is 19.9 Å². The molecule has 1 atom stereocenters. The van der Waals surface area contributed by atoms with Crippen LogP contribution in [-0.2, 0) is 13.0 Å². The zero-order valence-corrected chi connectivity index (χ0v) is 24.8. The van der Waals surface area contributed by atoms with Crippen LogP contribution in [0.2, 0.25) is 0 Å². The van der Waals surface area contributed by atoms with Crippen LogP contribution in [0.1, 0.15) is 50.0 Å². The summed E-state index contributed by atoms with van der Waals surface area (Å²) in [7, 11) is 0. The standard InChI is InChI=1S/C23H21F3N4O3.C9H8O4/c1-14-10-20(28-30(14)13-17-5-3-4-16(12-17)11-15(2)31)22-27-21(29-33-22)18-6-8-19(9-7-18)32-23(24,25)26;1-5-6(8(10)11)3-2-4-7(5)9(12)13/h3-10,12,15,31H,11,13H2,1-2H3;2-4H,1H3,(H,10,11)(H,12,13). The predicted octanol–water partition coefficient (Wildman–Crippen LogP) is 6.17. The third-order valence-electron chi connectivity index (χ3n) is 6.62. The van der Waals surface area contributed by atoms with E-state index in [0.29, 0.717) is 24.2 Å². The number of alkyl halides is 3. The average molecular weight is 639 g/mol. The number of carboxylic acid groups (broad SMARTS) is 2. The normalized spacial score (nSPS) is 11.8. The van der Waals surface area contributed by atoms with Gasteiger partial charge in [0.05, 0.1) is 23.8 Å². The Morgan fingerprint density at radius 2 is 1.54 bits per heavy atom. The van der Waals surface area contributed by atoms with Gasteiger partial charge in [0.2, 0.25) is 5.82 Å². The van der Waals surface area contributed by atoms with E-state index in [4.69, 9.17) is 14.7 Å². The van der Waals surface area contributed by atoms with Crippen LogP contribution >= 0.6 is 0 Å². The van der Waals surface area contributed by atoms with Gasteiger partial charge in [-0.3, -0.25) is 4.68 Å². The monoisotopic (exact) mass is 638 g/mol. The predicted molar refractivity (Wildman–Crippen MR) is 158 cm³/mol. The van der Waals surface area contributed by atoms with Crippen LogP contribution in [0.25, 0.3) is 23.0 Å². The number of aromatic nitrogens is 4. The SMILES string of the molecule is Cc1c(C(=O)O)cccc1C(=O)O.Cc1cc(-c2nc(-c3ccc(OC(F)(F)F)cc3)no2)nn1Cc1cccc(CC(C)O)c1. The molecule has 5 rings (SSSR count). The van der Waals surface area contributed by atoms with Crippen LogP contribution in [0.3, 0.4) is 0 Å². The summed E-state index contributed by atoms with van der Waals surface area (Å²) in [5.74, 6) is -2.13. The van der Waals surface area contributed by atoms with Crippen molar-refractivity contribution < 1.29 is 47.3 Å². The van der Waals surface area contributed by atoms with Crippen LogP contribution in [0.15, 0.2) is 77.3 Å². The summed E-state index contributed by atoms with van der Waals surface area (Å²) in [5, 5.41) is 35.4. The Bertz CT molecular complexity index is 1800. The van der Waals surface area contributed by atoms with Crippen molar-refractivity contribution >= 4 is 11.9 Å². The van der Waals surface area contributed by atoms with Gasteiger partial charge in [0.15, 0.2) is 5.69 Å². The Morgan fingerprint density at radius 3 is 2.13 bits per heavy atom. The Labute approximate surface area is 260 Å². The van der Waals surface area contributed by atoms with Crippen LogP contribution in [-0.4, -0.2) is 59.6 Å². The Morgan fingerprint density at radius 1 is 0.935 bits per heavy atom. The molecular formula is C32H29F3N4O7. The summed E-state index contributed by atoms with van der Waals surface area (Å²) in [5.41, 5.74) is 4.27. The van der Waals surface area contributed by atoms with E-state index in [1.54, 1.807) is 6.92 Å². The first kappa shape index (κ1) is 33.4. The highest BCUT2D eigenvalue weighted by atomic mass is 19.4. The smallest absolute Gasteiger partial charge is 0.478 e. The molecule has 0 bridgehead atoms. The number of aromatic carboxylic acids is 2. The Balaban J connectivity index is 0.000000310. The fourth-order valence-electron chi connectivity index (χ4n) is 4.49. The first-order valence-electron chi connectivity index (χ1n) is 13.8. The minimum absolute atomic E-state index is 0.0277. The van der Waals surface area contributed by atoms with E-state index in [-0.39, 0.29) is 34.2 Å². The second kappa shape index (κ2) is 14.1. The van der Waals surface area contributed by atoms with E-state index in [1.807, 2.05) is 41.9 Å². The molecule has 14 heteroatoms. The van der Waals surface area contributed by atoms with Crippen LogP contribution < -0.4 is 4.74 Å². The lowest BCUT2D eigenvalue weighted by Crippen LogP contribution is -2.16. The topological polar surface area (TPSA) is 161 Å². The molecule has 1 unspecified atom stereocenters. The van der Waals surface area contributed by atoms with Gasteiger partial charge >= 0.3 is 18.3 Å². The molecule has 2 aromatic heterocycles. The minimum Gasteiger partial charge on any atom is -0.478 e. The maximum absolute atomic E-state index is 12.3. The lowest BCUT2D eigenvalue weighted by Gasteiger charge is -2.08. The summed E-state index contributed by atoms with van der Waals surface area (Å²) < 4.78 is 48.0. The molecule has 3 N–H and O–H groups in total. The molecule has 0 spiro atoms. The zero-order chi connectivity index (χ0) is 33.6. The molecular weight excluding hydrogens is 609 g/mol. The van der Waals surface area contributed by atoms with Gasteiger partial charge < -0.3 is 24.6 Å². The highest BCUT2D eigenvalue weighted by Gasteiger charge is 2.31. The lowest BCUT2D eigenvalue weighted by atomic mass is 10.0. The van der Waals surface area contributed by atoms with Gasteiger partial charge in [-0.15, -0.1) is 13.2 Å². The molecule has 0 radical (unpaired) electrons. The second-order valence-corrected chi connectivity index (χ2v) is 10.3. The van der Waals surface area contributed by atoms with E-state index in [2.05, 4.69) is 20.0 Å². The lowest BCUT2D eigenvalue weighted by molar-refractivity contribution is -0.274. The van der Waals surface area contributed by atoms with Gasteiger partial charge in [-0.1, -0.05) is 35.5 Å². The van der Waals surface area contributed by atoms with Crippen molar-refractivity contribution in [2.45, 2.75) is 46.2 Å². The number of ether oxygens (including phenoxy) is 1. The molecule has 0 aliphatic heterocycles. The number of benzene rings is 3. The number of aliphatic hydroxyl groups excluding tert-OH is 1. The summed E-state index contributed by atoms with van der Waals surface area (Å²) >= 11 is 0. The first-order valence-corrected chi connectivity index (χ1v) is 13.8. The molecule has 2 heterocycles. The van der Waals surface area contributed by atoms with Crippen molar-refractivity contribution in [3.8, 4) is 28.7 Å². The number of carboxylic acids is 2. The molecule has 3 aromatic carbocycles. The molecule has 0 aliphatic carbocycles. The molecule has 11 nitrogen and oxygen atoms in total. The van der Waals surface area contributed by atoms with Crippen LogP contribution in [0.4, 0.5) is 13.2 Å². The van der Waals surface area contributed by atoms with E-state index in [9.17, 15) is 27.9 Å². The third kappa shape index (κ3) is 8.79. The van der Waals surface area contributed by atoms with E-state index >= 15 is 0 Å². The number of hydrogen-bond acceptors (Lipinski definition) is 8. The van der Waals surface area contributed by atoms with Crippen molar-refractivity contribution in [2.24, 2.45) is 0 Å². The zero-order valence-electron chi connectivity index (χ0n) is 24.8. The summed E-state index contributed by atoms with van der Waals surface area (Å²) in [6, 6.07) is 19.1. The number of aryl methyl sites for hydroxylation is 1. The molecule has 0 aliphatic rings. The fraction of sp³-hybridized carbons (Fsp3) is 0.219. The number of carbonyl (C=O) groups is 2. The Kier molecular flexibility index (Phi) is 10.2. The highest BCUT2D eigenvalue weighted by Crippen LogP contribution is 2.27. The second-order valence-electron chi connectivity index (χ2n) is 10.3. The van der Waals surface area contributed by atoms with E-state index in [1.165, 1.54) is 49.4 Å². The quantitative estimate of drug-likeness (QED) is 0.170. The van der Waals surface area contributed by atoms with Crippen molar-refractivity contribution in [3.05, 3.63) is 106 Å². The number of nitrogens with zero attached hydrogens (tertiary/aromatic N) is 4. The third-order valence-corrected chi connectivity index (χ3v) is 6.62. The van der Waals surface area contributed by atoms with Gasteiger partial charge in [0.25, 0.3) is 5.89 Å². The number of hydrogen-bond donors (Lipinski definition) is 3. The summed E-state index contributed by atoms with van der Waals surface area (Å²) in [6.07, 6.45) is -4.60. The van der Waals surface area contributed by atoms with Gasteiger partial charge in [-0.2, -0.15) is 10.1 Å². The first-order chi connectivity index (χ1) is 21.7. The minimum atomic E-state index is -4.75. The van der Waals surface area contributed by atoms with Crippen LogP contribution in [0, 0.1) is 13.8 Å². The molecule has 0 saturated carbocycles. The molecule has 0 fully saturated rings. The maximum atomic E-state index is 12.3. The van der Waals surface area contributed by atoms with Crippen molar-refractivity contribution in [2.75, 3.05) is 0 Å². The average Bonchev–Trinajstić information content (AvgIpc) is 3.60. The highest BCUT2D eigenvalue weighted by molar-refractivity contribution is 5.96. The number of rotatable bonds is 9. The molecule has 46 heavy (non-hydrogen) atoms. The molecule has 0 saturated heterocycles. The molecule has 240 valence electrons. The number of halogens is 3. The van der Waals surface area contributed by atoms with Gasteiger partial charge in [-0.25, -0.2) is 9.59 Å². The van der Waals surface area contributed by atoms with Gasteiger partial charge in [0, 0.05) is 11.3 Å². The number of aliphatic hydroxyl groups is 1. The molecule has 0 amide bonds.